The molecule has 16 rings (SSSR count). The average molecular weight is 952 g/mol. The van der Waals surface area contributed by atoms with Crippen molar-refractivity contribution < 1.29 is 4.74 Å². The fraction of sp³-hybridized carbons (Fsp3) is 0.0294. The van der Waals surface area contributed by atoms with E-state index in [4.69, 9.17) is 4.74 Å². The molecule has 0 saturated heterocycles. The number of hydrogen-bond donors (Lipinski definition) is 0. The fourth-order valence-electron chi connectivity index (χ4n) is 13.1. The van der Waals surface area contributed by atoms with Crippen molar-refractivity contribution in [1.29, 1.82) is 0 Å². The molecule has 2 aliphatic carbocycles. The zero-order valence-electron chi connectivity index (χ0n) is 38.8. The number of thiophene rings is 1. The summed E-state index contributed by atoms with van der Waals surface area (Å²) in [7, 11) is 0. The summed E-state index contributed by atoms with van der Waals surface area (Å²) in [6.07, 6.45) is 0. The number of rotatable bonds is 4. The molecule has 2 spiro atoms. The van der Waals surface area contributed by atoms with Crippen LogP contribution in [-0.2, 0) is 10.8 Å². The summed E-state index contributed by atoms with van der Waals surface area (Å²) >= 11 is 3.75. The molecule has 0 amide bonds. The number of anilines is 3. The standard InChI is InChI=1S/C68H41NOS2/c1-4-18-53-47(15-1)49-37-34-46(41-60(49)68(53)58-22-8-13-27-64(58)72-65-28-14-9-23-59(65)68)69(44-32-29-42(30-33-44)43-31-36-51-50-17-3-12-26-63(50)71-66(51)39-43)45-35-38-55-52(40-45)48-16-2-5-19-54(48)67(55)56-20-6-10-24-61(56)70-62-25-11-7-21-57(62)67/h1-41H. The molecule has 0 unspecified atom stereocenters. The number of nitrogens with zero attached hydrogens (tertiary/aromatic N) is 1. The van der Waals surface area contributed by atoms with Gasteiger partial charge in [-0.05, 0) is 140 Å². The van der Waals surface area contributed by atoms with Crippen LogP contribution in [-0.4, -0.2) is 0 Å². The second kappa shape index (κ2) is 15.1. The lowest BCUT2D eigenvalue weighted by atomic mass is 9.66. The highest BCUT2D eigenvalue weighted by molar-refractivity contribution is 7.99. The van der Waals surface area contributed by atoms with Gasteiger partial charge < -0.3 is 9.64 Å². The number of para-hydroxylation sites is 2. The topological polar surface area (TPSA) is 12.5 Å². The molecule has 2 aliphatic heterocycles. The first-order chi connectivity index (χ1) is 35.7. The molecular weight excluding hydrogens is 911 g/mol. The van der Waals surface area contributed by atoms with Crippen LogP contribution in [0.4, 0.5) is 17.1 Å². The second-order valence-electron chi connectivity index (χ2n) is 19.4. The Bertz CT molecular complexity index is 4170. The molecule has 3 heterocycles. The first kappa shape index (κ1) is 40.3. The van der Waals surface area contributed by atoms with Gasteiger partial charge in [-0.1, -0.05) is 188 Å². The van der Waals surface area contributed by atoms with Gasteiger partial charge in [0, 0.05) is 58.2 Å². The highest BCUT2D eigenvalue weighted by Crippen LogP contribution is 2.65. The predicted molar refractivity (Wildman–Crippen MR) is 298 cm³/mol. The largest absolute Gasteiger partial charge is 0.457 e. The molecule has 2 nitrogen and oxygen atoms in total. The van der Waals surface area contributed by atoms with E-state index >= 15 is 0 Å². The number of hydrogen-bond acceptors (Lipinski definition) is 4. The van der Waals surface area contributed by atoms with E-state index in [-0.39, 0.29) is 0 Å². The van der Waals surface area contributed by atoms with Crippen molar-refractivity contribution in [2.24, 2.45) is 0 Å². The van der Waals surface area contributed by atoms with Crippen LogP contribution in [0.5, 0.6) is 11.5 Å². The Morgan fingerprint density at radius 3 is 1.50 bits per heavy atom. The van der Waals surface area contributed by atoms with E-state index < -0.39 is 10.8 Å². The van der Waals surface area contributed by atoms with Gasteiger partial charge in [0.15, 0.2) is 0 Å². The molecule has 336 valence electrons. The molecule has 0 saturated carbocycles. The van der Waals surface area contributed by atoms with Gasteiger partial charge in [0.1, 0.15) is 11.5 Å². The lowest BCUT2D eigenvalue weighted by molar-refractivity contribution is 0.436. The van der Waals surface area contributed by atoms with Crippen LogP contribution >= 0.6 is 23.1 Å². The Morgan fingerprint density at radius 1 is 0.306 bits per heavy atom. The molecule has 11 aromatic carbocycles. The van der Waals surface area contributed by atoms with E-state index in [2.05, 4.69) is 254 Å². The third kappa shape index (κ3) is 5.35. The van der Waals surface area contributed by atoms with E-state index in [1.807, 2.05) is 23.1 Å². The van der Waals surface area contributed by atoms with Crippen molar-refractivity contribution in [1.82, 2.24) is 0 Å². The Hall–Kier alpha value is -8.41. The van der Waals surface area contributed by atoms with E-state index in [0.29, 0.717) is 0 Å². The van der Waals surface area contributed by atoms with Crippen molar-refractivity contribution in [2.75, 3.05) is 4.90 Å². The van der Waals surface area contributed by atoms with Gasteiger partial charge in [0.25, 0.3) is 0 Å². The van der Waals surface area contributed by atoms with E-state index in [1.54, 1.807) is 0 Å². The maximum atomic E-state index is 6.69. The van der Waals surface area contributed by atoms with Crippen LogP contribution in [0.3, 0.4) is 0 Å². The summed E-state index contributed by atoms with van der Waals surface area (Å²) in [5, 5.41) is 2.63. The molecule has 72 heavy (non-hydrogen) atoms. The zero-order valence-corrected chi connectivity index (χ0v) is 40.5. The van der Waals surface area contributed by atoms with E-state index in [1.165, 1.54) is 108 Å². The van der Waals surface area contributed by atoms with Crippen LogP contribution in [0.25, 0.3) is 53.6 Å². The summed E-state index contributed by atoms with van der Waals surface area (Å²) in [5.74, 6) is 1.79. The lowest BCUT2D eigenvalue weighted by Crippen LogP contribution is -2.32. The van der Waals surface area contributed by atoms with E-state index in [9.17, 15) is 0 Å². The fourth-order valence-corrected chi connectivity index (χ4v) is 15.5. The maximum Gasteiger partial charge on any atom is 0.132 e. The second-order valence-corrected chi connectivity index (χ2v) is 21.6. The maximum absolute atomic E-state index is 6.69. The summed E-state index contributed by atoms with van der Waals surface area (Å²) in [5.41, 5.74) is 19.9. The monoisotopic (exact) mass is 951 g/mol. The van der Waals surface area contributed by atoms with Crippen molar-refractivity contribution in [3.8, 4) is 44.9 Å². The first-order valence-electron chi connectivity index (χ1n) is 24.7. The number of fused-ring (bicyclic) bond motifs is 21. The first-order valence-corrected chi connectivity index (χ1v) is 26.4. The highest BCUT2D eigenvalue weighted by Gasteiger charge is 2.52. The zero-order chi connectivity index (χ0) is 47.1. The minimum Gasteiger partial charge on any atom is -0.457 e. The van der Waals surface area contributed by atoms with Gasteiger partial charge in [-0.25, -0.2) is 0 Å². The van der Waals surface area contributed by atoms with Crippen molar-refractivity contribution in [2.45, 2.75) is 20.6 Å². The van der Waals surface area contributed by atoms with Crippen molar-refractivity contribution in [3.63, 3.8) is 0 Å². The third-order valence-electron chi connectivity index (χ3n) is 16.0. The summed E-state index contributed by atoms with van der Waals surface area (Å²) in [4.78, 5) is 5.09. The predicted octanol–water partition coefficient (Wildman–Crippen LogP) is 18.5. The molecular formula is C68H41NOS2. The summed E-state index contributed by atoms with van der Waals surface area (Å²) in [6.45, 7) is 0. The van der Waals surface area contributed by atoms with Crippen LogP contribution in [0.2, 0.25) is 0 Å². The molecule has 0 fully saturated rings. The lowest BCUT2D eigenvalue weighted by Gasteiger charge is -2.40. The van der Waals surface area contributed by atoms with Gasteiger partial charge in [-0.2, -0.15) is 0 Å². The molecule has 0 bridgehead atoms. The van der Waals surface area contributed by atoms with Crippen LogP contribution < -0.4 is 9.64 Å². The third-order valence-corrected chi connectivity index (χ3v) is 18.3. The van der Waals surface area contributed by atoms with Gasteiger partial charge in [0.05, 0.1) is 10.8 Å². The Morgan fingerprint density at radius 2 is 0.792 bits per heavy atom. The summed E-state index contributed by atoms with van der Waals surface area (Å²) < 4.78 is 9.32. The molecule has 0 radical (unpaired) electrons. The minimum atomic E-state index is -0.552. The van der Waals surface area contributed by atoms with Crippen molar-refractivity contribution >= 4 is 60.3 Å². The minimum absolute atomic E-state index is 0.506. The highest BCUT2D eigenvalue weighted by atomic mass is 32.2. The number of ether oxygens (including phenoxy) is 1. The van der Waals surface area contributed by atoms with Crippen molar-refractivity contribution in [3.05, 3.63) is 293 Å². The number of benzene rings is 11. The SMILES string of the molecule is c1ccc2c(c1)Oc1ccccc1C21c2ccccc2-c2cc(N(c3ccc(-c4ccc5c(c4)sc4ccccc45)cc3)c3ccc4c(c3)C3(c5ccccc5Sc5ccccc53)c3ccccc3-4)ccc21. The molecule has 4 heteroatoms. The van der Waals surface area contributed by atoms with Gasteiger partial charge in [-0.15, -0.1) is 11.3 Å². The van der Waals surface area contributed by atoms with Gasteiger partial charge >= 0.3 is 0 Å². The normalized spacial score (nSPS) is 14.4. The molecule has 1 aromatic heterocycles. The van der Waals surface area contributed by atoms with Gasteiger partial charge in [-0.3, -0.25) is 0 Å². The molecule has 0 N–H and O–H groups in total. The summed E-state index contributed by atoms with van der Waals surface area (Å²) in [6, 6.07) is 92.9. The quantitative estimate of drug-likeness (QED) is 0.174. The van der Waals surface area contributed by atoms with Crippen LogP contribution in [0.15, 0.2) is 259 Å². The van der Waals surface area contributed by atoms with Crippen LogP contribution in [0, 0.1) is 0 Å². The van der Waals surface area contributed by atoms with E-state index in [0.717, 1.165) is 28.6 Å². The molecule has 0 atom stereocenters. The Kier molecular flexibility index (Phi) is 8.43. The van der Waals surface area contributed by atoms with Gasteiger partial charge in [0.2, 0.25) is 0 Å². The molecule has 12 aromatic rings. The van der Waals surface area contributed by atoms with Crippen LogP contribution in [0.1, 0.15) is 44.5 Å². The molecule has 4 aliphatic rings. The average Bonchev–Trinajstić information content (AvgIpc) is 4.06. The Labute approximate surface area is 426 Å². The Balaban J connectivity index is 0.926. The smallest absolute Gasteiger partial charge is 0.132 e.